The average molecular weight is 541 g/mol. The van der Waals surface area contributed by atoms with Crippen molar-refractivity contribution in [3.05, 3.63) is 96.1 Å². The van der Waals surface area contributed by atoms with Crippen LogP contribution in [-0.4, -0.2) is 50.3 Å². The van der Waals surface area contributed by atoms with Crippen molar-refractivity contribution in [1.29, 1.82) is 0 Å². The molecule has 0 radical (unpaired) electrons. The molecule has 2 unspecified atom stereocenters. The molecule has 2 aromatic rings. The van der Waals surface area contributed by atoms with Crippen molar-refractivity contribution in [2.24, 2.45) is 0 Å². The van der Waals surface area contributed by atoms with Gasteiger partial charge in [-0.15, -0.1) is 13.2 Å². The lowest BCUT2D eigenvalue weighted by molar-refractivity contribution is -0.134. The van der Waals surface area contributed by atoms with E-state index >= 15 is 4.79 Å². The Bertz CT molecular complexity index is 1220. The summed E-state index contributed by atoms with van der Waals surface area (Å²) in [4.78, 5) is 72.3. The molecule has 4 rings (SSSR count). The zero-order chi connectivity index (χ0) is 29.1. The van der Waals surface area contributed by atoms with Crippen molar-refractivity contribution in [3.8, 4) is 0 Å². The standard InChI is InChI=1S/C33H36N2O5/c1-5-9-15-21-32(7-3,34-27(36)23-17-11-12-18-24(23)28(34)37)31(40)33(8-4,22-16-10-6-2)35-29(38)25-19-13-14-20-26(25)30(35)39/h7-8,11-14,17-20H,3-6,9-10,15-16,21-22H2,1-2H3. The number of rotatable bonds is 14. The van der Waals surface area contributed by atoms with E-state index in [1.807, 2.05) is 13.8 Å². The lowest BCUT2D eigenvalue weighted by Crippen LogP contribution is -2.67. The fourth-order valence-corrected chi connectivity index (χ4v) is 5.99. The van der Waals surface area contributed by atoms with Crippen LogP contribution in [0.5, 0.6) is 0 Å². The van der Waals surface area contributed by atoms with Crippen LogP contribution in [0.25, 0.3) is 0 Å². The predicted octanol–water partition coefficient (Wildman–Crippen LogP) is 6.16. The molecule has 0 bridgehead atoms. The van der Waals surface area contributed by atoms with Crippen LogP contribution in [0, 0.1) is 0 Å². The Morgan fingerprint density at radius 1 is 0.625 bits per heavy atom. The molecule has 7 nitrogen and oxygen atoms in total. The molecule has 0 aliphatic carbocycles. The Hall–Kier alpha value is -4.13. The van der Waals surface area contributed by atoms with E-state index in [1.54, 1.807) is 48.5 Å². The molecule has 0 fully saturated rings. The first-order valence-corrected chi connectivity index (χ1v) is 14.0. The predicted molar refractivity (Wildman–Crippen MR) is 153 cm³/mol. The smallest absolute Gasteiger partial charge is 0.262 e. The van der Waals surface area contributed by atoms with E-state index in [0.29, 0.717) is 12.8 Å². The van der Waals surface area contributed by atoms with Crippen LogP contribution in [0.2, 0.25) is 0 Å². The average Bonchev–Trinajstić information content (AvgIpc) is 3.39. The number of benzene rings is 2. The summed E-state index contributed by atoms with van der Waals surface area (Å²) in [5.74, 6) is -3.02. The minimum Gasteiger partial charge on any atom is -0.294 e. The van der Waals surface area contributed by atoms with Gasteiger partial charge in [0.05, 0.1) is 22.3 Å². The highest BCUT2D eigenvalue weighted by atomic mass is 16.2. The van der Waals surface area contributed by atoms with Gasteiger partial charge < -0.3 is 0 Å². The summed E-state index contributed by atoms with van der Waals surface area (Å²) in [6, 6.07) is 12.9. The number of hydrogen-bond donors (Lipinski definition) is 0. The summed E-state index contributed by atoms with van der Waals surface area (Å²) in [5, 5.41) is 0. The first-order valence-electron chi connectivity index (χ1n) is 14.0. The highest BCUT2D eigenvalue weighted by molar-refractivity contribution is 6.27. The summed E-state index contributed by atoms with van der Waals surface area (Å²) in [6.07, 6.45) is 7.13. The van der Waals surface area contributed by atoms with Crippen molar-refractivity contribution in [2.45, 2.75) is 76.3 Å². The maximum absolute atomic E-state index is 15.2. The first-order chi connectivity index (χ1) is 19.3. The fourth-order valence-electron chi connectivity index (χ4n) is 5.99. The third-order valence-corrected chi connectivity index (χ3v) is 8.17. The minimum atomic E-state index is -1.81. The van der Waals surface area contributed by atoms with Gasteiger partial charge in [0.2, 0.25) is 0 Å². The number of unbranched alkanes of at least 4 members (excludes halogenated alkanes) is 4. The number of carbonyl (C=O) groups is 5. The second kappa shape index (κ2) is 11.5. The number of fused-ring (bicyclic) bond motifs is 2. The maximum Gasteiger partial charge on any atom is 0.262 e. The van der Waals surface area contributed by atoms with Gasteiger partial charge >= 0.3 is 0 Å². The maximum atomic E-state index is 15.2. The zero-order valence-electron chi connectivity index (χ0n) is 23.3. The van der Waals surface area contributed by atoms with Crippen molar-refractivity contribution in [2.75, 3.05) is 0 Å². The summed E-state index contributed by atoms with van der Waals surface area (Å²) in [6.45, 7) is 12.0. The normalized spacial score (nSPS) is 17.4. The molecular formula is C33H36N2O5. The first kappa shape index (κ1) is 28.9. The van der Waals surface area contributed by atoms with E-state index in [-0.39, 0.29) is 35.1 Å². The molecular weight excluding hydrogens is 504 g/mol. The Labute approximate surface area is 235 Å². The van der Waals surface area contributed by atoms with Gasteiger partial charge in [-0.2, -0.15) is 0 Å². The third-order valence-electron chi connectivity index (χ3n) is 8.17. The van der Waals surface area contributed by atoms with E-state index in [0.717, 1.165) is 35.5 Å². The molecule has 0 aromatic heterocycles. The van der Waals surface area contributed by atoms with Gasteiger partial charge in [-0.05, 0) is 37.1 Å². The van der Waals surface area contributed by atoms with Crippen molar-refractivity contribution >= 4 is 29.4 Å². The largest absolute Gasteiger partial charge is 0.294 e. The number of carbonyl (C=O) groups excluding carboxylic acids is 5. The Balaban J connectivity index is 1.92. The SMILES string of the molecule is C=CC(CCCCC)(C(=O)C(C=C)(CCCCC)N1C(=O)c2ccccc2C1=O)N1C(=O)c2ccccc2C1=O. The molecule has 0 saturated carbocycles. The van der Waals surface area contributed by atoms with Gasteiger partial charge in [-0.3, -0.25) is 33.8 Å². The summed E-state index contributed by atoms with van der Waals surface area (Å²) < 4.78 is 0. The quantitative estimate of drug-likeness (QED) is 0.163. The molecule has 2 heterocycles. The zero-order valence-corrected chi connectivity index (χ0v) is 23.3. The molecule has 0 N–H and O–H groups in total. The van der Waals surface area contributed by atoms with Crippen LogP contribution in [0.3, 0.4) is 0 Å². The summed E-state index contributed by atoms with van der Waals surface area (Å²) in [7, 11) is 0. The van der Waals surface area contributed by atoms with Gasteiger partial charge in [-0.1, -0.05) is 88.8 Å². The number of imide groups is 2. The van der Waals surface area contributed by atoms with Crippen LogP contribution in [0.4, 0.5) is 0 Å². The summed E-state index contributed by atoms with van der Waals surface area (Å²) >= 11 is 0. The van der Waals surface area contributed by atoms with E-state index in [9.17, 15) is 19.2 Å². The van der Waals surface area contributed by atoms with Crippen LogP contribution in [-0.2, 0) is 4.79 Å². The van der Waals surface area contributed by atoms with E-state index in [4.69, 9.17) is 0 Å². The Morgan fingerprint density at radius 2 is 0.925 bits per heavy atom. The lowest BCUT2D eigenvalue weighted by Gasteiger charge is -2.46. The molecule has 7 heteroatoms. The Morgan fingerprint density at radius 3 is 1.18 bits per heavy atom. The van der Waals surface area contributed by atoms with Crippen LogP contribution in [0.15, 0.2) is 73.8 Å². The van der Waals surface area contributed by atoms with Crippen LogP contribution < -0.4 is 0 Å². The second-order valence-electron chi connectivity index (χ2n) is 10.5. The van der Waals surface area contributed by atoms with Crippen molar-refractivity contribution < 1.29 is 24.0 Å². The molecule has 40 heavy (non-hydrogen) atoms. The molecule has 2 aliphatic heterocycles. The lowest BCUT2D eigenvalue weighted by atomic mass is 9.72. The van der Waals surface area contributed by atoms with E-state index in [2.05, 4.69) is 13.2 Å². The molecule has 2 aliphatic rings. The van der Waals surface area contributed by atoms with Gasteiger partial charge in [0.1, 0.15) is 11.1 Å². The van der Waals surface area contributed by atoms with Crippen LogP contribution >= 0.6 is 0 Å². The minimum absolute atomic E-state index is 0.112. The van der Waals surface area contributed by atoms with Crippen molar-refractivity contribution in [3.63, 3.8) is 0 Å². The molecule has 4 amide bonds. The molecule has 0 spiro atoms. The number of ketones is 1. The van der Waals surface area contributed by atoms with Crippen LogP contribution in [0.1, 0.15) is 107 Å². The highest BCUT2D eigenvalue weighted by Crippen LogP contribution is 2.43. The number of hydrogen-bond acceptors (Lipinski definition) is 5. The fraction of sp³-hybridized carbons (Fsp3) is 0.364. The third kappa shape index (κ3) is 4.34. The van der Waals surface area contributed by atoms with Crippen molar-refractivity contribution in [1.82, 2.24) is 9.80 Å². The van der Waals surface area contributed by atoms with Gasteiger partial charge in [-0.25, -0.2) is 0 Å². The second-order valence-corrected chi connectivity index (χ2v) is 10.5. The summed E-state index contributed by atoms with van der Waals surface area (Å²) in [5.41, 5.74) is -2.79. The topological polar surface area (TPSA) is 91.8 Å². The van der Waals surface area contributed by atoms with E-state index < -0.39 is 40.5 Å². The molecule has 2 aromatic carbocycles. The molecule has 0 saturated heterocycles. The Kier molecular flexibility index (Phi) is 8.33. The number of Topliss-reactive ketones (excluding diaryl/α,β-unsaturated/α-hetero) is 1. The molecule has 2 atom stereocenters. The van der Waals surface area contributed by atoms with Gasteiger partial charge in [0, 0.05) is 0 Å². The highest BCUT2D eigenvalue weighted by Gasteiger charge is 2.61. The number of nitrogens with zero attached hydrogens (tertiary/aromatic N) is 2. The molecule has 208 valence electrons. The van der Waals surface area contributed by atoms with Gasteiger partial charge in [0.15, 0.2) is 5.78 Å². The monoisotopic (exact) mass is 540 g/mol. The number of amides is 4. The van der Waals surface area contributed by atoms with E-state index in [1.165, 1.54) is 12.2 Å². The van der Waals surface area contributed by atoms with Gasteiger partial charge in [0.25, 0.3) is 23.6 Å².